The van der Waals surface area contributed by atoms with Crippen molar-refractivity contribution in [2.75, 3.05) is 11.9 Å². The van der Waals surface area contributed by atoms with Crippen LogP contribution in [-0.4, -0.2) is 44.8 Å². The normalized spacial score (nSPS) is 13.4. The molecule has 1 amide bonds. The second kappa shape index (κ2) is 8.00. The van der Waals surface area contributed by atoms with Gasteiger partial charge in [0.25, 0.3) is 5.91 Å². The molecule has 10 heteroatoms. The molecule has 0 radical (unpaired) electrons. The average molecular weight is 413 g/mol. The summed E-state index contributed by atoms with van der Waals surface area (Å²) in [5.74, 6) is -0.271. The number of hydrogen-bond acceptors (Lipinski definition) is 8. The molecule has 0 fully saturated rings. The van der Waals surface area contributed by atoms with Gasteiger partial charge in [0.05, 0.1) is 12.7 Å². The lowest BCUT2D eigenvalue weighted by Gasteiger charge is -2.08. The first-order chi connectivity index (χ1) is 14.0. The molecule has 9 nitrogen and oxygen atoms in total. The maximum atomic E-state index is 12.5. The molecule has 1 aromatic carbocycles. The van der Waals surface area contributed by atoms with Crippen LogP contribution in [-0.2, 0) is 11.2 Å². The van der Waals surface area contributed by atoms with Gasteiger partial charge in [-0.25, -0.2) is 9.78 Å². The number of carbonyl (C=O) groups excluding carboxylic acids is 2. The highest BCUT2D eigenvalue weighted by molar-refractivity contribution is 7.13. The van der Waals surface area contributed by atoms with Crippen molar-refractivity contribution in [3.63, 3.8) is 0 Å². The van der Waals surface area contributed by atoms with Crippen molar-refractivity contribution in [3.8, 4) is 16.3 Å². The Kier molecular flexibility index (Phi) is 5.26. The zero-order valence-corrected chi connectivity index (χ0v) is 16.7. The van der Waals surface area contributed by atoms with Gasteiger partial charge in [0.1, 0.15) is 16.5 Å². The van der Waals surface area contributed by atoms with Gasteiger partial charge in [-0.2, -0.15) is 4.98 Å². The van der Waals surface area contributed by atoms with E-state index in [0.717, 1.165) is 28.3 Å². The number of fused-ring (bicyclic) bond motifs is 1. The van der Waals surface area contributed by atoms with Crippen LogP contribution in [0.4, 0.5) is 5.95 Å². The molecule has 4 rings (SSSR count). The predicted octanol–water partition coefficient (Wildman–Crippen LogP) is 3.07. The SMILES string of the molecule is CCC(C)OC(=O)c1nc(NC(=O)c2csc(-c3ccc4c(c3)CCO4)n2)n[nH]1. The summed E-state index contributed by atoms with van der Waals surface area (Å²) in [6.45, 7) is 4.38. The molecular weight excluding hydrogens is 394 g/mol. The minimum atomic E-state index is -0.621. The van der Waals surface area contributed by atoms with Crippen LogP contribution in [0, 0.1) is 0 Å². The second-order valence-electron chi connectivity index (χ2n) is 6.54. The Morgan fingerprint density at radius 1 is 1.38 bits per heavy atom. The molecular formula is C19H19N5O4S. The smallest absolute Gasteiger partial charge is 0.376 e. The monoisotopic (exact) mass is 413 g/mol. The number of esters is 1. The summed E-state index contributed by atoms with van der Waals surface area (Å²) in [5, 5.41) is 11.2. The lowest BCUT2D eigenvalue weighted by atomic mass is 10.1. The van der Waals surface area contributed by atoms with E-state index in [0.29, 0.717) is 13.0 Å². The number of benzene rings is 1. The fourth-order valence-corrected chi connectivity index (χ4v) is 3.52. The molecule has 0 saturated carbocycles. The van der Waals surface area contributed by atoms with Gasteiger partial charge in [0, 0.05) is 17.4 Å². The Balaban J connectivity index is 1.43. The topological polar surface area (TPSA) is 119 Å². The molecule has 0 bridgehead atoms. The van der Waals surface area contributed by atoms with Crippen molar-refractivity contribution < 1.29 is 19.1 Å². The van der Waals surface area contributed by atoms with Gasteiger partial charge in [0.2, 0.25) is 11.8 Å². The van der Waals surface area contributed by atoms with Crippen molar-refractivity contribution in [1.82, 2.24) is 20.2 Å². The zero-order valence-electron chi connectivity index (χ0n) is 15.9. The van der Waals surface area contributed by atoms with Crippen molar-refractivity contribution in [3.05, 3.63) is 40.7 Å². The Bertz CT molecular complexity index is 1060. The fraction of sp³-hybridized carbons (Fsp3) is 0.316. The third-order valence-corrected chi connectivity index (χ3v) is 5.35. The third-order valence-electron chi connectivity index (χ3n) is 4.46. The molecule has 3 heterocycles. The molecule has 1 unspecified atom stereocenters. The fourth-order valence-electron chi connectivity index (χ4n) is 2.73. The number of ether oxygens (including phenoxy) is 2. The van der Waals surface area contributed by atoms with Gasteiger partial charge < -0.3 is 9.47 Å². The van der Waals surface area contributed by atoms with E-state index in [1.807, 2.05) is 25.1 Å². The molecule has 2 aromatic heterocycles. The number of rotatable bonds is 6. The van der Waals surface area contributed by atoms with Crippen LogP contribution >= 0.6 is 11.3 Å². The van der Waals surface area contributed by atoms with Gasteiger partial charge in [0.15, 0.2) is 0 Å². The molecule has 1 aliphatic rings. The number of aromatic nitrogens is 4. The van der Waals surface area contributed by atoms with Gasteiger partial charge in [-0.15, -0.1) is 16.4 Å². The van der Waals surface area contributed by atoms with Crippen molar-refractivity contribution >= 4 is 29.2 Å². The molecule has 1 atom stereocenters. The summed E-state index contributed by atoms with van der Waals surface area (Å²) in [6.07, 6.45) is 1.33. The maximum Gasteiger partial charge on any atom is 0.376 e. The summed E-state index contributed by atoms with van der Waals surface area (Å²) in [4.78, 5) is 32.7. The lowest BCUT2D eigenvalue weighted by Crippen LogP contribution is -2.16. The zero-order chi connectivity index (χ0) is 20.4. The Hall–Kier alpha value is -3.27. The second-order valence-corrected chi connectivity index (χ2v) is 7.40. The highest BCUT2D eigenvalue weighted by Crippen LogP contribution is 2.31. The Labute approximate surface area is 170 Å². The maximum absolute atomic E-state index is 12.5. The highest BCUT2D eigenvalue weighted by atomic mass is 32.1. The standard InChI is InChI=1S/C19H19N5O4S/c1-3-10(2)28-18(26)15-21-19(24-23-15)22-16(25)13-9-29-17(20-13)12-4-5-14-11(8-12)6-7-27-14/h4-5,8-10H,3,6-7H2,1-2H3,(H2,21,22,23,24,25). The third kappa shape index (κ3) is 4.11. The molecule has 2 N–H and O–H groups in total. The number of hydrogen-bond donors (Lipinski definition) is 2. The minimum Gasteiger partial charge on any atom is -0.493 e. The number of nitrogens with one attached hydrogen (secondary N) is 2. The van der Waals surface area contributed by atoms with E-state index in [1.54, 1.807) is 12.3 Å². The highest BCUT2D eigenvalue weighted by Gasteiger charge is 2.19. The first-order valence-corrected chi connectivity index (χ1v) is 10.1. The summed E-state index contributed by atoms with van der Waals surface area (Å²) in [6, 6.07) is 5.88. The number of nitrogens with zero attached hydrogens (tertiary/aromatic N) is 3. The molecule has 3 aromatic rings. The number of aromatic amines is 1. The van der Waals surface area contributed by atoms with Crippen LogP contribution in [0.2, 0.25) is 0 Å². The first-order valence-electron chi connectivity index (χ1n) is 9.20. The van der Waals surface area contributed by atoms with Crippen LogP contribution in [0.5, 0.6) is 5.75 Å². The average Bonchev–Trinajstić information content (AvgIpc) is 3.46. The lowest BCUT2D eigenvalue weighted by molar-refractivity contribution is 0.0320. The summed E-state index contributed by atoms with van der Waals surface area (Å²) in [7, 11) is 0. The molecule has 0 aliphatic carbocycles. The van der Waals surface area contributed by atoms with Gasteiger partial charge in [-0.05, 0) is 37.1 Å². The molecule has 0 spiro atoms. The van der Waals surface area contributed by atoms with Crippen molar-refractivity contribution in [1.29, 1.82) is 0 Å². The number of carbonyl (C=O) groups is 2. The first kappa shape index (κ1) is 19.1. The number of anilines is 1. The van der Waals surface area contributed by atoms with E-state index < -0.39 is 11.9 Å². The summed E-state index contributed by atoms with van der Waals surface area (Å²) < 4.78 is 10.7. The van der Waals surface area contributed by atoms with Crippen molar-refractivity contribution in [2.24, 2.45) is 0 Å². The van der Waals surface area contributed by atoms with E-state index in [-0.39, 0.29) is 23.6 Å². The number of thiazole rings is 1. The Morgan fingerprint density at radius 3 is 3.07 bits per heavy atom. The molecule has 1 aliphatic heterocycles. The van der Waals surface area contributed by atoms with Gasteiger partial charge >= 0.3 is 5.97 Å². The van der Waals surface area contributed by atoms with Crippen molar-refractivity contribution in [2.45, 2.75) is 32.8 Å². The van der Waals surface area contributed by atoms with E-state index in [2.05, 4.69) is 25.5 Å². The molecule has 29 heavy (non-hydrogen) atoms. The number of H-pyrrole nitrogens is 1. The van der Waals surface area contributed by atoms with E-state index >= 15 is 0 Å². The van der Waals surface area contributed by atoms with Gasteiger partial charge in [-0.3, -0.25) is 15.2 Å². The van der Waals surface area contributed by atoms with E-state index in [4.69, 9.17) is 9.47 Å². The molecule has 0 saturated heterocycles. The molecule has 150 valence electrons. The van der Waals surface area contributed by atoms with Crippen LogP contribution in [0.3, 0.4) is 0 Å². The summed E-state index contributed by atoms with van der Waals surface area (Å²) in [5.41, 5.74) is 2.32. The van der Waals surface area contributed by atoms with Gasteiger partial charge in [-0.1, -0.05) is 6.92 Å². The predicted molar refractivity (Wildman–Crippen MR) is 106 cm³/mol. The van der Waals surface area contributed by atoms with Crippen LogP contribution in [0.15, 0.2) is 23.6 Å². The summed E-state index contributed by atoms with van der Waals surface area (Å²) >= 11 is 1.37. The van der Waals surface area contributed by atoms with E-state index in [9.17, 15) is 9.59 Å². The largest absolute Gasteiger partial charge is 0.493 e. The van der Waals surface area contributed by atoms with Crippen LogP contribution < -0.4 is 10.1 Å². The van der Waals surface area contributed by atoms with E-state index in [1.165, 1.54) is 11.3 Å². The van der Waals surface area contributed by atoms with Crippen LogP contribution in [0.1, 0.15) is 46.9 Å². The number of amides is 1. The quantitative estimate of drug-likeness (QED) is 0.596. The minimum absolute atomic E-state index is 0.0182. The van der Waals surface area contributed by atoms with Crippen LogP contribution in [0.25, 0.3) is 10.6 Å². The Morgan fingerprint density at radius 2 is 2.24 bits per heavy atom.